The lowest BCUT2D eigenvalue weighted by Crippen LogP contribution is -2.36. The van der Waals surface area contributed by atoms with Crippen LogP contribution in [0, 0.1) is 19.3 Å². The standard InChI is InChI=1S/C27H28N4O3/c1-3-14-33-26-7-5-4-6-21(26)17-30-12-11-23(18-30)31-13-10-20-16-22(8-9-25(20)31)28-27(32)24-15-19(2)34-29-24/h1,4-9,15-16,23H,10-14,17-18H2,2H3,(H,28,32). The van der Waals surface area contributed by atoms with Crippen LogP contribution < -0.4 is 15.0 Å². The van der Waals surface area contributed by atoms with Gasteiger partial charge in [0.15, 0.2) is 5.69 Å². The van der Waals surface area contributed by atoms with Crippen LogP contribution in [0.1, 0.15) is 33.8 Å². The average Bonchev–Trinajstić information content (AvgIpc) is 3.58. The second-order valence-electron chi connectivity index (χ2n) is 8.84. The maximum atomic E-state index is 12.4. The minimum atomic E-state index is -0.260. The van der Waals surface area contributed by atoms with Crippen molar-refractivity contribution in [1.29, 1.82) is 0 Å². The first-order valence-corrected chi connectivity index (χ1v) is 11.6. The third-order valence-electron chi connectivity index (χ3n) is 6.50. The number of carbonyl (C=O) groups is 1. The molecule has 1 aromatic heterocycles. The van der Waals surface area contributed by atoms with E-state index in [1.807, 2.05) is 24.3 Å². The van der Waals surface area contributed by atoms with Crippen LogP contribution in [0.3, 0.4) is 0 Å². The van der Waals surface area contributed by atoms with Gasteiger partial charge in [0.25, 0.3) is 5.91 Å². The van der Waals surface area contributed by atoms with Gasteiger partial charge in [0, 0.05) is 55.2 Å². The Bertz CT molecular complexity index is 1230. The van der Waals surface area contributed by atoms with Gasteiger partial charge in [0.05, 0.1) is 0 Å². The van der Waals surface area contributed by atoms with Gasteiger partial charge in [-0.25, -0.2) is 0 Å². The summed E-state index contributed by atoms with van der Waals surface area (Å²) in [6.45, 7) is 5.95. The Morgan fingerprint density at radius 3 is 2.97 bits per heavy atom. The number of nitrogens with zero attached hydrogens (tertiary/aromatic N) is 3. The van der Waals surface area contributed by atoms with Crippen molar-refractivity contribution in [2.24, 2.45) is 0 Å². The Morgan fingerprint density at radius 1 is 1.26 bits per heavy atom. The van der Waals surface area contributed by atoms with E-state index >= 15 is 0 Å². The summed E-state index contributed by atoms with van der Waals surface area (Å²) < 4.78 is 10.7. The zero-order chi connectivity index (χ0) is 23.5. The molecule has 2 aliphatic rings. The normalized spacial score (nSPS) is 17.4. The van der Waals surface area contributed by atoms with Crippen molar-refractivity contribution in [3.63, 3.8) is 0 Å². The van der Waals surface area contributed by atoms with Gasteiger partial charge in [-0.3, -0.25) is 9.69 Å². The molecule has 3 heterocycles. The predicted molar refractivity (Wildman–Crippen MR) is 131 cm³/mol. The number of fused-ring (bicyclic) bond motifs is 1. The van der Waals surface area contributed by atoms with E-state index in [1.54, 1.807) is 13.0 Å². The fraction of sp³-hybridized carbons (Fsp3) is 0.333. The number of nitrogens with one attached hydrogen (secondary N) is 1. The second kappa shape index (κ2) is 9.62. The predicted octanol–water partition coefficient (Wildman–Crippen LogP) is 3.88. The van der Waals surface area contributed by atoms with Crippen LogP contribution >= 0.6 is 0 Å². The third-order valence-corrected chi connectivity index (χ3v) is 6.50. The summed E-state index contributed by atoms with van der Waals surface area (Å²) in [5, 5.41) is 6.72. The third kappa shape index (κ3) is 4.63. The van der Waals surface area contributed by atoms with E-state index in [0.29, 0.717) is 11.8 Å². The number of likely N-dealkylation sites (tertiary alicyclic amines) is 1. The molecule has 5 rings (SSSR count). The SMILES string of the molecule is C#CCOc1ccccc1CN1CCC(N2CCc3cc(NC(=O)c4cc(C)on4)ccc32)C1. The molecule has 7 nitrogen and oxygen atoms in total. The minimum Gasteiger partial charge on any atom is -0.481 e. The monoisotopic (exact) mass is 456 g/mol. The van der Waals surface area contributed by atoms with Crippen molar-refractivity contribution >= 4 is 17.3 Å². The molecule has 1 N–H and O–H groups in total. The number of aromatic nitrogens is 1. The highest BCUT2D eigenvalue weighted by Crippen LogP contribution is 2.35. The zero-order valence-electron chi connectivity index (χ0n) is 19.3. The van der Waals surface area contributed by atoms with E-state index < -0.39 is 0 Å². The molecule has 0 bridgehead atoms. The first-order chi connectivity index (χ1) is 16.6. The molecule has 0 radical (unpaired) electrons. The van der Waals surface area contributed by atoms with Gasteiger partial charge >= 0.3 is 0 Å². The molecule has 7 heteroatoms. The molecule has 1 saturated heterocycles. The maximum absolute atomic E-state index is 12.4. The van der Waals surface area contributed by atoms with Crippen LogP contribution in [0.25, 0.3) is 0 Å². The fourth-order valence-electron chi connectivity index (χ4n) is 4.90. The van der Waals surface area contributed by atoms with E-state index in [-0.39, 0.29) is 18.2 Å². The Hall–Kier alpha value is -3.76. The number of carbonyl (C=O) groups excluding carboxylic acids is 1. The van der Waals surface area contributed by atoms with Crippen LogP contribution in [0.5, 0.6) is 5.75 Å². The van der Waals surface area contributed by atoms with E-state index in [0.717, 1.165) is 50.5 Å². The summed E-state index contributed by atoms with van der Waals surface area (Å²) >= 11 is 0. The van der Waals surface area contributed by atoms with Crippen LogP contribution in [-0.2, 0) is 13.0 Å². The summed E-state index contributed by atoms with van der Waals surface area (Å²) in [4.78, 5) is 17.4. The van der Waals surface area contributed by atoms with E-state index in [2.05, 4.69) is 44.4 Å². The van der Waals surface area contributed by atoms with Crippen molar-refractivity contribution < 1.29 is 14.1 Å². The number of terminal acetylenes is 1. The molecule has 2 aromatic carbocycles. The summed E-state index contributed by atoms with van der Waals surface area (Å²) in [5.74, 6) is 3.76. The van der Waals surface area contributed by atoms with Crippen LogP contribution in [0.4, 0.5) is 11.4 Å². The van der Waals surface area contributed by atoms with E-state index in [1.165, 1.54) is 16.8 Å². The Kier molecular flexibility index (Phi) is 6.24. The maximum Gasteiger partial charge on any atom is 0.277 e. The van der Waals surface area contributed by atoms with Gasteiger partial charge in [0.1, 0.15) is 18.1 Å². The summed E-state index contributed by atoms with van der Waals surface area (Å²) in [7, 11) is 0. The molecule has 0 saturated carbocycles. The number of ether oxygens (including phenoxy) is 1. The molecular formula is C27H28N4O3. The van der Waals surface area contributed by atoms with Gasteiger partial charge in [0.2, 0.25) is 0 Å². The number of hydrogen-bond acceptors (Lipinski definition) is 6. The molecule has 3 aromatic rings. The Morgan fingerprint density at radius 2 is 2.15 bits per heavy atom. The highest BCUT2D eigenvalue weighted by molar-refractivity contribution is 6.03. The molecule has 1 fully saturated rings. The molecule has 34 heavy (non-hydrogen) atoms. The van der Waals surface area contributed by atoms with Crippen molar-refractivity contribution in [2.75, 3.05) is 36.5 Å². The number of rotatable bonds is 7. The van der Waals surface area contributed by atoms with Crippen LogP contribution in [0.15, 0.2) is 53.1 Å². The summed E-state index contributed by atoms with van der Waals surface area (Å²) in [5.41, 5.74) is 4.77. The van der Waals surface area contributed by atoms with Crippen LogP contribution in [-0.4, -0.2) is 48.2 Å². The lowest BCUT2D eigenvalue weighted by Gasteiger charge is -2.27. The number of benzene rings is 2. The fourth-order valence-corrected chi connectivity index (χ4v) is 4.90. The molecule has 1 amide bonds. The summed E-state index contributed by atoms with van der Waals surface area (Å²) in [6, 6.07) is 16.4. The number of aryl methyl sites for hydroxylation is 1. The minimum absolute atomic E-state index is 0.260. The van der Waals surface area contributed by atoms with Gasteiger partial charge in [-0.2, -0.15) is 0 Å². The molecule has 1 atom stereocenters. The van der Waals surface area contributed by atoms with Gasteiger partial charge in [-0.15, -0.1) is 6.42 Å². The highest BCUT2D eigenvalue weighted by atomic mass is 16.5. The molecule has 1 unspecified atom stereocenters. The van der Waals surface area contributed by atoms with E-state index in [9.17, 15) is 4.79 Å². The molecule has 0 spiro atoms. The van der Waals surface area contributed by atoms with E-state index in [4.69, 9.17) is 15.7 Å². The van der Waals surface area contributed by atoms with Crippen molar-refractivity contribution in [3.05, 3.63) is 71.1 Å². The molecular weight excluding hydrogens is 428 g/mol. The van der Waals surface area contributed by atoms with Gasteiger partial charge in [-0.05, 0) is 49.6 Å². The zero-order valence-corrected chi connectivity index (χ0v) is 19.3. The molecule has 0 aliphatic carbocycles. The summed E-state index contributed by atoms with van der Waals surface area (Å²) in [6.07, 6.45) is 7.45. The first-order valence-electron chi connectivity index (χ1n) is 11.6. The lowest BCUT2D eigenvalue weighted by molar-refractivity contribution is 0.101. The number of amides is 1. The largest absolute Gasteiger partial charge is 0.481 e. The average molecular weight is 457 g/mol. The van der Waals surface area contributed by atoms with Crippen LogP contribution in [0.2, 0.25) is 0 Å². The van der Waals surface area contributed by atoms with Gasteiger partial charge < -0.3 is 19.5 Å². The quantitative estimate of drug-likeness (QED) is 0.544. The lowest BCUT2D eigenvalue weighted by atomic mass is 10.1. The second-order valence-corrected chi connectivity index (χ2v) is 8.84. The molecule has 174 valence electrons. The smallest absolute Gasteiger partial charge is 0.277 e. The van der Waals surface area contributed by atoms with Crippen molar-refractivity contribution in [1.82, 2.24) is 10.1 Å². The highest BCUT2D eigenvalue weighted by Gasteiger charge is 2.32. The Labute approximate surface area is 199 Å². The topological polar surface area (TPSA) is 70.8 Å². The Balaban J connectivity index is 1.22. The number of para-hydroxylation sites is 1. The first kappa shape index (κ1) is 22.1. The molecule has 2 aliphatic heterocycles. The van der Waals surface area contributed by atoms with Crippen molar-refractivity contribution in [2.45, 2.75) is 32.4 Å². The number of anilines is 2. The van der Waals surface area contributed by atoms with Crippen molar-refractivity contribution in [3.8, 4) is 18.1 Å². The number of hydrogen-bond donors (Lipinski definition) is 1. The van der Waals surface area contributed by atoms with Gasteiger partial charge in [-0.1, -0.05) is 29.3 Å².